The molecule has 2 aromatic rings. The number of ether oxygens (including phenoxy) is 1. The number of fused-ring (bicyclic) bond motifs is 1. The molecule has 0 fully saturated rings. The summed E-state index contributed by atoms with van der Waals surface area (Å²) < 4.78 is 5.01. The standard InChI is InChI=1S/C15H16N4O2/c1-21-10-9-19(8-2-5-16)15(20)12-3-4-13-14(11-12)18-7-6-17-13/h3-4,6-7,11H,2,8-10H2,1H3. The third-order valence-electron chi connectivity index (χ3n) is 3.06. The summed E-state index contributed by atoms with van der Waals surface area (Å²) in [6.45, 7) is 1.28. The van der Waals surface area contributed by atoms with Gasteiger partial charge in [-0.05, 0) is 18.2 Å². The molecular weight excluding hydrogens is 268 g/mol. The van der Waals surface area contributed by atoms with Crippen LogP contribution in [0.25, 0.3) is 11.0 Å². The minimum absolute atomic E-state index is 0.130. The number of methoxy groups -OCH3 is 1. The average molecular weight is 284 g/mol. The van der Waals surface area contributed by atoms with Crippen molar-refractivity contribution in [2.45, 2.75) is 6.42 Å². The van der Waals surface area contributed by atoms with E-state index >= 15 is 0 Å². The molecule has 0 saturated heterocycles. The van der Waals surface area contributed by atoms with Crippen LogP contribution in [0.3, 0.4) is 0 Å². The van der Waals surface area contributed by atoms with Gasteiger partial charge in [-0.1, -0.05) is 0 Å². The highest BCUT2D eigenvalue weighted by Crippen LogP contribution is 2.13. The number of nitrogens with zero attached hydrogens (tertiary/aromatic N) is 4. The molecule has 0 atom stereocenters. The van der Waals surface area contributed by atoms with Gasteiger partial charge in [-0.15, -0.1) is 0 Å². The third kappa shape index (κ3) is 3.74. The van der Waals surface area contributed by atoms with Crippen molar-refractivity contribution in [3.63, 3.8) is 0 Å². The molecule has 0 radical (unpaired) electrons. The van der Waals surface area contributed by atoms with Gasteiger partial charge in [0.05, 0.1) is 30.1 Å². The largest absolute Gasteiger partial charge is 0.383 e. The van der Waals surface area contributed by atoms with Gasteiger partial charge in [0, 0.05) is 38.2 Å². The normalized spacial score (nSPS) is 10.3. The van der Waals surface area contributed by atoms with Crippen molar-refractivity contribution in [3.05, 3.63) is 36.2 Å². The van der Waals surface area contributed by atoms with Gasteiger partial charge in [0.1, 0.15) is 0 Å². The second-order valence-corrected chi connectivity index (χ2v) is 4.45. The molecule has 0 unspecified atom stereocenters. The van der Waals surface area contributed by atoms with Gasteiger partial charge in [-0.2, -0.15) is 5.26 Å². The van der Waals surface area contributed by atoms with Gasteiger partial charge in [0.25, 0.3) is 5.91 Å². The monoisotopic (exact) mass is 284 g/mol. The maximum absolute atomic E-state index is 12.5. The molecule has 1 heterocycles. The predicted octanol–water partition coefficient (Wildman–Crippen LogP) is 1.63. The number of amides is 1. The van der Waals surface area contributed by atoms with Crippen LogP contribution < -0.4 is 0 Å². The van der Waals surface area contributed by atoms with Gasteiger partial charge in [0.15, 0.2) is 0 Å². The summed E-state index contributed by atoms with van der Waals surface area (Å²) in [5.41, 5.74) is 1.96. The van der Waals surface area contributed by atoms with Crippen LogP contribution in [0.4, 0.5) is 0 Å². The molecule has 0 bridgehead atoms. The van der Waals surface area contributed by atoms with E-state index in [-0.39, 0.29) is 5.91 Å². The first-order valence-corrected chi connectivity index (χ1v) is 6.62. The summed E-state index contributed by atoms with van der Waals surface area (Å²) in [7, 11) is 1.58. The van der Waals surface area contributed by atoms with Crippen LogP contribution in [-0.2, 0) is 4.74 Å². The maximum Gasteiger partial charge on any atom is 0.254 e. The molecule has 21 heavy (non-hydrogen) atoms. The molecule has 6 heteroatoms. The number of aromatic nitrogens is 2. The first-order chi connectivity index (χ1) is 10.3. The Balaban J connectivity index is 2.22. The lowest BCUT2D eigenvalue weighted by Gasteiger charge is -2.21. The number of rotatable bonds is 6. The van der Waals surface area contributed by atoms with E-state index in [1.165, 1.54) is 0 Å². The number of benzene rings is 1. The minimum Gasteiger partial charge on any atom is -0.383 e. The zero-order valence-corrected chi connectivity index (χ0v) is 11.8. The van der Waals surface area contributed by atoms with Crippen LogP contribution in [0.5, 0.6) is 0 Å². The first-order valence-electron chi connectivity index (χ1n) is 6.62. The highest BCUT2D eigenvalue weighted by molar-refractivity contribution is 5.97. The van der Waals surface area contributed by atoms with Crippen molar-refractivity contribution in [2.75, 3.05) is 26.8 Å². The summed E-state index contributed by atoms with van der Waals surface area (Å²) in [4.78, 5) is 22.5. The first kappa shape index (κ1) is 14.9. The van der Waals surface area contributed by atoms with E-state index in [9.17, 15) is 4.79 Å². The molecule has 1 aromatic carbocycles. The van der Waals surface area contributed by atoms with Crippen molar-refractivity contribution >= 4 is 16.9 Å². The van der Waals surface area contributed by atoms with Crippen LogP contribution in [0.1, 0.15) is 16.8 Å². The van der Waals surface area contributed by atoms with E-state index in [2.05, 4.69) is 16.0 Å². The Bertz CT molecular complexity index is 666. The van der Waals surface area contributed by atoms with Crippen molar-refractivity contribution < 1.29 is 9.53 Å². The smallest absolute Gasteiger partial charge is 0.254 e. The second-order valence-electron chi connectivity index (χ2n) is 4.45. The number of carbonyl (C=O) groups excluding carboxylic acids is 1. The molecule has 0 aliphatic rings. The maximum atomic E-state index is 12.5. The Hall–Kier alpha value is -2.52. The molecule has 0 aliphatic heterocycles. The Morgan fingerprint density at radius 2 is 2.05 bits per heavy atom. The van der Waals surface area contributed by atoms with Crippen LogP contribution in [-0.4, -0.2) is 47.6 Å². The van der Waals surface area contributed by atoms with Gasteiger partial charge in [0.2, 0.25) is 0 Å². The number of nitriles is 1. The summed E-state index contributed by atoms with van der Waals surface area (Å²) in [6, 6.07) is 7.27. The van der Waals surface area contributed by atoms with E-state index in [1.807, 2.05) is 0 Å². The summed E-state index contributed by atoms with van der Waals surface area (Å²) >= 11 is 0. The highest BCUT2D eigenvalue weighted by atomic mass is 16.5. The van der Waals surface area contributed by atoms with E-state index in [4.69, 9.17) is 10.00 Å². The molecule has 0 saturated carbocycles. The Morgan fingerprint density at radius 1 is 1.29 bits per heavy atom. The third-order valence-corrected chi connectivity index (χ3v) is 3.06. The van der Waals surface area contributed by atoms with Gasteiger partial charge in [-0.25, -0.2) is 0 Å². The lowest BCUT2D eigenvalue weighted by molar-refractivity contribution is 0.0700. The van der Waals surface area contributed by atoms with Crippen LogP contribution in [0, 0.1) is 11.3 Å². The molecule has 1 amide bonds. The van der Waals surface area contributed by atoms with Gasteiger partial charge in [-0.3, -0.25) is 14.8 Å². The van der Waals surface area contributed by atoms with Gasteiger partial charge < -0.3 is 9.64 Å². The molecule has 6 nitrogen and oxygen atoms in total. The fraction of sp³-hybridized carbons (Fsp3) is 0.333. The van der Waals surface area contributed by atoms with E-state index in [0.29, 0.717) is 37.2 Å². The Labute approximate surface area is 123 Å². The molecule has 0 spiro atoms. The summed E-state index contributed by atoms with van der Waals surface area (Å²) in [5, 5.41) is 8.70. The zero-order valence-electron chi connectivity index (χ0n) is 11.8. The van der Waals surface area contributed by atoms with E-state index in [0.717, 1.165) is 5.52 Å². The fourth-order valence-electron chi connectivity index (χ4n) is 1.98. The Kier molecular flexibility index (Phi) is 5.18. The lowest BCUT2D eigenvalue weighted by Crippen LogP contribution is -2.34. The minimum atomic E-state index is -0.130. The molecule has 2 rings (SSSR count). The molecular formula is C15H16N4O2. The van der Waals surface area contributed by atoms with Crippen molar-refractivity contribution in [3.8, 4) is 6.07 Å². The van der Waals surface area contributed by atoms with Crippen LogP contribution in [0.2, 0.25) is 0 Å². The van der Waals surface area contributed by atoms with E-state index < -0.39 is 0 Å². The zero-order chi connectivity index (χ0) is 15.1. The highest BCUT2D eigenvalue weighted by Gasteiger charge is 2.15. The average Bonchev–Trinajstić information content (AvgIpc) is 2.54. The molecule has 0 aliphatic carbocycles. The van der Waals surface area contributed by atoms with Crippen molar-refractivity contribution in [2.24, 2.45) is 0 Å². The van der Waals surface area contributed by atoms with Crippen molar-refractivity contribution in [1.29, 1.82) is 5.26 Å². The number of hydrogen-bond donors (Lipinski definition) is 0. The Morgan fingerprint density at radius 3 is 2.76 bits per heavy atom. The topological polar surface area (TPSA) is 79.1 Å². The SMILES string of the molecule is COCCN(CCC#N)C(=O)c1ccc2nccnc2c1. The lowest BCUT2D eigenvalue weighted by atomic mass is 10.1. The number of hydrogen-bond acceptors (Lipinski definition) is 5. The quantitative estimate of drug-likeness (QED) is 0.805. The van der Waals surface area contributed by atoms with Crippen LogP contribution >= 0.6 is 0 Å². The van der Waals surface area contributed by atoms with Crippen molar-refractivity contribution in [1.82, 2.24) is 14.9 Å². The molecule has 1 aromatic heterocycles. The molecule has 108 valence electrons. The predicted molar refractivity (Wildman–Crippen MR) is 77.5 cm³/mol. The second kappa shape index (κ2) is 7.31. The number of carbonyl (C=O) groups is 1. The summed E-state index contributed by atoms with van der Waals surface area (Å²) in [5.74, 6) is -0.130. The van der Waals surface area contributed by atoms with E-state index in [1.54, 1.807) is 42.6 Å². The van der Waals surface area contributed by atoms with Gasteiger partial charge >= 0.3 is 0 Å². The molecule has 0 N–H and O–H groups in total. The summed E-state index contributed by atoms with van der Waals surface area (Å²) in [6.07, 6.45) is 3.50. The van der Waals surface area contributed by atoms with Crippen LogP contribution in [0.15, 0.2) is 30.6 Å². The fourth-order valence-corrected chi connectivity index (χ4v) is 1.98.